The van der Waals surface area contributed by atoms with Gasteiger partial charge in [-0.05, 0) is 0 Å². The van der Waals surface area contributed by atoms with E-state index < -0.39 is 10.8 Å². The van der Waals surface area contributed by atoms with Crippen LogP contribution in [0.4, 0.5) is 5.69 Å². The number of carbonyl (C=O) groups is 1. The molecule has 0 saturated heterocycles. The third-order valence-electron chi connectivity index (χ3n) is 2.59. The fourth-order valence-corrected chi connectivity index (χ4v) is 1.79. The maximum Gasteiger partial charge on any atom is 0.288 e. The second-order valence-corrected chi connectivity index (χ2v) is 4.41. The van der Waals surface area contributed by atoms with Gasteiger partial charge in [0.25, 0.3) is 11.6 Å². The first kappa shape index (κ1) is 13.9. The highest BCUT2D eigenvalue weighted by molar-refractivity contribution is 6.32. The number of amides is 1. The third-order valence-corrected chi connectivity index (χ3v) is 2.89. The monoisotopic (exact) mass is 295 g/mol. The molecule has 0 bridgehead atoms. The molecule has 0 unspecified atom stereocenters. The zero-order valence-corrected chi connectivity index (χ0v) is 11.2. The van der Waals surface area contributed by atoms with Crippen LogP contribution >= 0.6 is 11.6 Å². The number of halogens is 1. The second-order valence-electron chi connectivity index (χ2n) is 4.06. The van der Waals surface area contributed by atoms with Crippen molar-refractivity contribution < 1.29 is 9.72 Å². The Balaban J connectivity index is 2.23. The first-order chi connectivity index (χ1) is 9.49. The van der Waals surface area contributed by atoms with Crippen LogP contribution in [-0.4, -0.2) is 38.0 Å². The van der Waals surface area contributed by atoms with Crippen molar-refractivity contribution in [2.24, 2.45) is 0 Å². The molecule has 0 aliphatic carbocycles. The highest BCUT2D eigenvalue weighted by Crippen LogP contribution is 2.20. The van der Waals surface area contributed by atoms with Gasteiger partial charge in [0.2, 0.25) is 0 Å². The van der Waals surface area contributed by atoms with Crippen molar-refractivity contribution in [2.45, 2.75) is 6.54 Å². The number of carbonyl (C=O) groups excluding carboxylic acids is 1. The third kappa shape index (κ3) is 2.91. The van der Waals surface area contributed by atoms with E-state index in [0.717, 1.165) is 17.8 Å². The standard InChI is InChI=1S/C11H10ClN5O3/c1-16(6-7-3-14-15-4-7)11(18)9-2-8(17(19)20)5-13-10(9)12/h2-5H,6H2,1H3,(H,14,15). The summed E-state index contributed by atoms with van der Waals surface area (Å²) in [6.07, 6.45) is 4.24. The Hall–Kier alpha value is -2.48. The van der Waals surface area contributed by atoms with Crippen LogP contribution in [0.5, 0.6) is 0 Å². The van der Waals surface area contributed by atoms with Gasteiger partial charge in [-0.2, -0.15) is 5.10 Å². The average Bonchev–Trinajstić information content (AvgIpc) is 2.91. The number of aromatic amines is 1. The predicted molar refractivity (Wildman–Crippen MR) is 70.3 cm³/mol. The van der Waals surface area contributed by atoms with Crippen LogP contribution in [0.2, 0.25) is 5.15 Å². The van der Waals surface area contributed by atoms with Gasteiger partial charge in [0.1, 0.15) is 11.3 Å². The molecule has 1 N–H and O–H groups in total. The summed E-state index contributed by atoms with van der Waals surface area (Å²) >= 11 is 5.82. The Bertz CT molecular complexity index is 644. The summed E-state index contributed by atoms with van der Waals surface area (Å²) in [4.78, 5) is 27.3. The van der Waals surface area contributed by atoms with Gasteiger partial charge in [0.15, 0.2) is 0 Å². The maximum atomic E-state index is 12.2. The molecule has 2 aromatic heterocycles. The summed E-state index contributed by atoms with van der Waals surface area (Å²) in [6.45, 7) is 0.300. The molecular formula is C11H10ClN5O3. The van der Waals surface area contributed by atoms with Crippen molar-refractivity contribution >= 4 is 23.2 Å². The molecule has 0 saturated carbocycles. The van der Waals surface area contributed by atoms with E-state index >= 15 is 0 Å². The minimum absolute atomic E-state index is 0.00754. The Morgan fingerprint density at radius 2 is 2.30 bits per heavy atom. The van der Waals surface area contributed by atoms with E-state index in [-0.39, 0.29) is 16.4 Å². The smallest absolute Gasteiger partial charge is 0.288 e. The van der Waals surface area contributed by atoms with Crippen LogP contribution < -0.4 is 0 Å². The van der Waals surface area contributed by atoms with E-state index in [2.05, 4.69) is 15.2 Å². The van der Waals surface area contributed by atoms with Crippen molar-refractivity contribution in [3.05, 3.63) is 51.1 Å². The van der Waals surface area contributed by atoms with Gasteiger partial charge in [-0.25, -0.2) is 4.98 Å². The molecule has 0 atom stereocenters. The van der Waals surface area contributed by atoms with Crippen LogP contribution in [0.25, 0.3) is 0 Å². The highest BCUT2D eigenvalue weighted by atomic mass is 35.5. The summed E-state index contributed by atoms with van der Waals surface area (Å²) in [6, 6.07) is 1.11. The van der Waals surface area contributed by atoms with Gasteiger partial charge >= 0.3 is 0 Å². The van der Waals surface area contributed by atoms with Gasteiger partial charge in [0.05, 0.1) is 16.7 Å². The summed E-state index contributed by atoms with van der Waals surface area (Å²) < 4.78 is 0. The van der Waals surface area contributed by atoms with E-state index in [1.165, 1.54) is 4.90 Å². The van der Waals surface area contributed by atoms with Gasteiger partial charge in [-0.1, -0.05) is 11.6 Å². The molecule has 2 rings (SSSR count). The Kier molecular flexibility index (Phi) is 3.94. The van der Waals surface area contributed by atoms with Crippen molar-refractivity contribution in [1.29, 1.82) is 0 Å². The van der Waals surface area contributed by atoms with Crippen molar-refractivity contribution in [3.63, 3.8) is 0 Å². The lowest BCUT2D eigenvalue weighted by Crippen LogP contribution is -2.26. The van der Waals surface area contributed by atoms with Crippen molar-refractivity contribution in [2.75, 3.05) is 7.05 Å². The molecule has 104 valence electrons. The quantitative estimate of drug-likeness (QED) is 0.524. The van der Waals surface area contributed by atoms with Crippen molar-refractivity contribution in [1.82, 2.24) is 20.1 Å². The van der Waals surface area contributed by atoms with Crippen LogP contribution in [-0.2, 0) is 6.54 Å². The fraction of sp³-hybridized carbons (Fsp3) is 0.182. The van der Waals surface area contributed by atoms with E-state index in [9.17, 15) is 14.9 Å². The maximum absolute atomic E-state index is 12.2. The molecule has 0 radical (unpaired) electrons. The lowest BCUT2D eigenvalue weighted by atomic mass is 10.2. The van der Waals surface area contributed by atoms with E-state index in [1.54, 1.807) is 19.4 Å². The largest absolute Gasteiger partial charge is 0.337 e. The zero-order valence-electron chi connectivity index (χ0n) is 10.4. The number of rotatable bonds is 4. The SMILES string of the molecule is CN(Cc1cn[nH]c1)C(=O)c1cc([N+](=O)[O-])cnc1Cl. The molecule has 2 heterocycles. The molecule has 20 heavy (non-hydrogen) atoms. The normalized spacial score (nSPS) is 10.3. The summed E-state index contributed by atoms with van der Waals surface area (Å²) in [5, 5.41) is 17.0. The number of pyridine rings is 1. The predicted octanol–water partition coefficient (Wildman–Crippen LogP) is 1.64. The summed E-state index contributed by atoms with van der Waals surface area (Å²) in [5.74, 6) is -0.451. The molecule has 0 fully saturated rings. The van der Waals surface area contributed by atoms with E-state index in [0.29, 0.717) is 6.54 Å². The Labute approximate surface area is 118 Å². The molecule has 1 amide bonds. The fourth-order valence-electron chi connectivity index (χ4n) is 1.60. The molecule has 2 aromatic rings. The topological polar surface area (TPSA) is 105 Å². The van der Waals surface area contributed by atoms with Gasteiger partial charge in [-0.15, -0.1) is 0 Å². The number of hydrogen-bond donors (Lipinski definition) is 1. The number of nitrogens with one attached hydrogen (secondary N) is 1. The first-order valence-corrected chi connectivity index (χ1v) is 5.90. The molecule has 0 aromatic carbocycles. The summed E-state index contributed by atoms with van der Waals surface area (Å²) in [5.41, 5.74) is 0.511. The minimum Gasteiger partial charge on any atom is -0.337 e. The minimum atomic E-state index is -0.629. The van der Waals surface area contributed by atoms with Crippen molar-refractivity contribution in [3.8, 4) is 0 Å². The molecule has 0 spiro atoms. The molecule has 9 heteroatoms. The molecule has 0 aliphatic rings. The first-order valence-electron chi connectivity index (χ1n) is 5.52. The van der Waals surface area contributed by atoms with E-state index in [4.69, 9.17) is 11.6 Å². The van der Waals surface area contributed by atoms with Gasteiger partial charge in [-0.3, -0.25) is 20.0 Å². The number of aromatic nitrogens is 3. The van der Waals surface area contributed by atoms with Crippen LogP contribution in [0, 0.1) is 10.1 Å². The van der Waals surface area contributed by atoms with Crippen LogP contribution in [0.1, 0.15) is 15.9 Å². The number of H-pyrrole nitrogens is 1. The summed E-state index contributed by atoms with van der Waals surface area (Å²) in [7, 11) is 1.56. The number of nitro groups is 1. The van der Waals surface area contributed by atoms with Crippen LogP contribution in [0.3, 0.4) is 0 Å². The zero-order chi connectivity index (χ0) is 14.7. The Morgan fingerprint density at radius 3 is 2.90 bits per heavy atom. The van der Waals surface area contributed by atoms with Gasteiger partial charge in [0, 0.05) is 31.4 Å². The highest BCUT2D eigenvalue weighted by Gasteiger charge is 2.20. The molecule has 0 aliphatic heterocycles. The van der Waals surface area contributed by atoms with Gasteiger partial charge < -0.3 is 4.90 Å². The molecular weight excluding hydrogens is 286 g/mol. The second kappa shape index (κ2) is 5.66. The number of hydrogen-bond acceptors (Lipinski definition) is 5. The lowest BCUT2D eigenvalue weighted by Gasteiger charge is -2.16. The average molecular weight is 296 g/mol. The number of nitrogens with zero attached hydrogens (tertiary/aromatic N) is 4. The lowest BCUT2D eigenvalue weighted by molar-refractivity contribution is -0.385. The van der Waals surface area contributed by atoms with E-state index in [1.807, 2.05) is 0 Å². The Morgan fingerprint density at radius 1 is 1.55 bits per heavy atom. The van der Waals surface area contributed by atoms with Crippen LogP contribution in [0.15, 0.2) is 24.7 Å². The molecule has 8 nitrogen and oxygen atoms in total.